The summed E-state index contributed by atoms with van der Waals surface area (Å²) in [5, 5.41) is 0.556. The molecule has 0 aliphatic carbocycles. The number of rotatable bonds is 2. The average molecular weight is 185 g/mol. The van der Waals surface area contributed by atoms with Crippen molar-refractivity contribution < 1.29 is 4.79 Å². The van der Waals surface area contributed by atoms with Crippen molar-refractivity contribution in [2.75, 3.05) is 5.73 Å². The fourth-order valence-electron chi connectivity index (χ4n) is 0.915. The standard InChI is InChI=1S/C8H9ClN2O/c9-6-1-2-7(10)5(3-6)4-8(11)12/h1-3H,4,10H2,(H2,11,12). The van der Waals surface area contributed by atoms with E-state index in [1.165, 1.54) is 0 Å². The lowest BCUT2D eigenvalue weighted by atomic mass is 10.1. The Bertz CT molecular complexity index is 312. The van der Waals surface area contributed by atoms with E-state index >= 15 is 0 Å². The van der Waals surface area contributed by atoms with Gasteiger partial charge < -0.3 is 11.5 Å². The molecule has 0 radical (unpaired) electrons. The van der Waals surface area contributed by atoms with E-state index in [-0.39, 0.29) is 6.42 Å². The van der Waals surface area contributed by atoms with Crippen molar-refractivity contribution in [2.24, 2.45) is 5.73 Å². The summed E-state index contributed by atoms with van der Waals surface area (Å²) in [7, 11) is 0. The van der Waals surface area contributed by atoms with Crippen molar-refractivity contribution in [3.05, 3.63) is 28.8 Å². The fourth-order valence-corrected chi connectivity index (χ4v) is 1.11. The lowest BCUT2D eigenvalue weighted by molar-refractivity contribution is -0.117. The van der Waals surface area contributed by atoms with Crippen LogP contribution in [0.25, 0.3) is 0 Å². The van der Waals surface area contributed by atoms with Crippen molar-refractivity contribution in [1.29, 1.82) is 0 Å². The van der Waals surface area contributed by atoms with Crippen LogP contribution in [0.1, 0.15) is 5.56 Å². The van der Waals surface area contributed by atoms with Gasteiger partial charge in [0.05, 0.1) is 6.42 Å². The normalized spacial score (nSPS) is 9.75. The summed E-state index contributed by atoms with van der Waals surface area (Å²) >= 11 is 5.69. The zero-order valence-corrected chi connectivity index (χ0v) is 7.14. The van der Waals surface area contributed by atoms with Gasteiger partial charge in [-0.3, -0.25) is 4.79 Å². The van der Waals surface area contributed by atoms with Gasteiger partial charge in [-0.2, -0.15) is 0 Å². The maximum Gasteiger partial charge on any atom is 0.221 e. The number of hydrogen-bond donors (Lipinski definition) is 2. The molecule has 0 aliphatic rings. The number of amides is 1. The van der Waals surface area contributed by atoms with Gasteiger partial charge >= 0.3 is 0 Å². The van der Waals surface area contributed by atoms with Gasteiger partial charge in [0.1, 0.15) is 0 Å². The number of carbonyl (C=O) groups is 1. The molecular formula is C8H9ClN2O. The molecule has 0 saturated carbocycles. The van der Waals surface area contributed by atoms with E-state index < -0.39 is 5.91 Å². The molecule has 0 aromatic heterocycles. The predicted octanol–water partition coefficient (Wildman–Crippen LogP) is 0.950. The summed E-state index contributed by atoms with van der Waals surface area (Å²) < 4.78 is 0. The quantitative estimate of drug-likeness (QED) is 0.672. The summed E-state index contributed by atoms with van der Waals surface area (Å²) in [5.74, 6) is -0.413. The van der Waals surface area contributed by atoms with Crippen LogP contribution in [-0.4, -0.2) is 5.91 Å². The molecule has 1 amide bonds. The van der Waals surface area contributed by atoms with Gasteiger partial charge in [0.25, 0.3) is 0 Å². The SMILES string of the molecule is NC(=O)Cc1cc(Cl)ccc1N. The minimum atomic E-state index is -0.413. The summed E-state index contributed by atoms with van der Waals surface area (Å²) in [4.78, 5) is 10.6. The maximum absolute atomic E-state index is 10.6. The van der Waals surface area contributed by atoms with Crippen LogP contribution >= 0.6 is 11.6 Å². The first-order valence-electron chi connectivity index (χ1n) is 3.42. The van der Waals surface area contributed by atoms with E-state index in [0.29, 0.717) is 16.3 Å². The molecule has 4 N–H and O–H groups in total. The van der Waals surface area contributed by atoms with Gasteiger partial charge in [0.15, 0.2) is 0 Å². The topological polar surface area (TPSA) is 69.1 Å². The number of halogens is 1. The van der Waals surface area contributed by atoms with Gasteiger partial charge in [-0.05, 0) is 23.8 Å². The average Bonchev–Trinajstić information content (AvgIpc) is 1.96. The zero-order chi connectivity index (χ0) is 9.14. The summed E-state index contributed by atoms with van der Waals surface area (Å²) in [6.07, 6.45) is 0.131. The fraction of sp³-hybridized carbons (Fsp3) is 0.125. The van der Waals surface area contributed by atoms with E-state index in [2.05, 4.69) is 0 Å². The molecule has 0 spiro atoms. The minimum absolute atomic E-state index is 0.131. The number of hydrogen-bond acceptors (Lipinski definition) is 2. The molecule has 0 unspecified atom stereocenters. The third-order valence-corrected chi connectivity index (χ3v) is 1.70. The predicted molar refractivity (Wildman–Crippen MR) is 48.8 cm³/mol. The second kappa shape index (κ2) is 3.45. The molecular weight excluding hydrogens is 176 g/mol. The molecule has 0 bridgehead atoms. The molecule has 1 aromatic carbocycles. The minimum Gasteiger partial charge on any atom is -0.398 e. The Hall–Kier alpha value is -1.22. The third-order valence-electron chi connectivity index (χ3n) is 1.47. The second-order valence-electron chi connectivity index (χ2n) is 2.49. The Balaban J connectivity index is 2.97. The van der Waals surface area contributed by atoms with E-state index in [1.807, 2.05) is 0 Å². The van der Waals surface area contributed by atoms with Gasteiger partial charge in [-0.15, -0.1) is 0 Å². The first-order chi connectivity index (χ1) is 5.59. The lowest BCUT2D eigenvalue weighted by Crippen LogP contribution is -2.14. The Morgan fingerprint density at radius 2 is 2.17 bits per heavy atom. The summed E-state index contributed by atoms with van der Waals surface area (Å²) in [6, 6.07) is 4.96. The van der Waals surface area contributed by atoms with Crippen molar-refractivity contribution >= 4 is 23.2 Å². The molecule has 0 fully saturated rings. The number of carbonyl (C=O) groups excluding carboxylic acids is 1. The molecule has 64 valence electrons. The summed E-state index contributed by atoms with van der Waals surface area (Å²) in [5.41, 5.74) is 11.8. The van der Waals surface area contributed by atoms with Gasteiger partial charge in [-0.25, -0.2) is 0 Å². The monoisotopic (exact) mass is 184 g/mol. The highest BCUT2D eigenvalue weighted by Crippen LogP contribution is 2.17. The summed E-state index contributed by atoms with van der Waals surface area (Å²) in [6.45, 7) is 0. The molecule has 0 saturated heterocycles. The highest BCUT2D eigenvalue weighted by molar-refractivity contribution is 6.30. The van der Waals surface area contributed by atoms with Crippen molar-refractivity contribution in [2.45, 2.75) is 6.42 Å². The van der Waals surface area contributed by atoms with Crippen molar-refractivity contribution in [3.63, 3.8) is 0 Å². The molecule has 0 aliphatic heterocycles. The number of nitrogen functional groups attached to an aromatic ring is 1. The van der Waals surface area contributed by atoms with Crippen LogP contribution in [-0.2, 0) is 11.2 Å². The van der Waals surface area contributed by atoms with Crippen LogP contribution in [0.2, 0.25) is 5.02 Å². The van der Waals surface area contributed by atoms with Crippen molar-refractivity contribution in [1.82, 2.24) is 0 Å². The smallest absolute Gasteiger partial charge is 0.221 e. The van der Waals surface area contributed by atoms with E-state index in [4.69, 9.17) is 23.1 Å². The Morgan fingerprint density at radius 1 is 1.50 bits per heavy atom. The first kappa shape index (κ1) is 8.87. The maximum atomic E-state index is 10.6. The largest absolute Gasteiger partial charge is 0.398 e. The molecule has 0 heterocycles. The van der Waals surface area contributed by atoms with Crippen LogP contribution in [0.4, 0.5) is 5.69 Å². The molecule has 4 heteroatoms. The number of nitrogens with two attached hydrogens (primary N) is 2. The number of benzene rings is 1. The van der Waals surface area contributed by atoms with E-state index in [9.17, 15) is 4.79 Å². The second-order valence-corrected chi connectivity index (χ2v) is 2.92. The van der Waals surface area contributed by atoms with Gasteiger partial charge in [-0.1, -0.05) is 11.6 Å². The number of anilines is 1. The Kier molecular flexibility index (Phi) is 2.55. The highest BCUT2D eigenvalue weighted by atomic mass is 35.5. The van der Waals surface area contributed by atoms with Crippen LogP contribution in [0, 0.1) is 0 Å². The van der Waals surface area contributed by atoms with Crippen LogP contribution in [0.5, 0.6) is 0 Å². The van der Waals surface area contributed by atoms with Gasteiger partial charge in [0.2, 0.25) is 5.91 Å². The van der Waals surface area contributed by atoms with Crippen LogP contribution < -0.4 is 11.5 Å². The Labute approximate surface area is 75.3 Å². The number of primary amides is 1. The van der Waals surface area contributed by atoms with Crippen LogP contribution in [0.3, 0.4) is 0 Å². The van der Waals surface area contributed by atoms with E-state index in [1.54, 1.807) is 18.2 Å². The van der Waals surface area contributed by atoms with Crippen LogP contribution in [0.15, 0.2) is 18.2 Å². The third kappa shape index (κ3) is 2.13. The molecule has 1 rings (SSSR count). The molecule has 1 aromatic rings. The molecule has 12 heavy (non-hydrogen) atoms. The molecule has 0 atom stereocenters. The lowest BCUT2D eigenvalue weighted by Gasteiger charge is -2.02. The van der Waals surface area contributed by atoms with Gasteiger partial charge in [0, 0.05) is 10.7 Å². The zero-order valence-electron chi connectivity index (χ0n) is 6.38. The molecule has 3 nitrogen and oxygen atoms in total. The van der Waals surface area contributed by atoms with E-state index in [0.717, 1.165) is 0 Å². The Morgan fingerprint density at radius 3 is 2.75 bits per heavy atom. The van der Waals surface area contributed by atoms with Crippen molar-refractivity contribution in [3.8, 4) is 0 Å². The first-order valence-corrected chi connectivity index (χ1v) is 3.79. The highest BCUT2D eigenvalue weighted by Gasteiger charge is 2.03.